The number of piperazine rings is 1. The second-order valence-corrected chi connectivity index (χ2v) is 8.37. The lowest BCUT2D eigenvalue weighted by molar-refractivity contribution is 0.208. The standard InChI is InChI=1S/C23H29N7O2/c1-15(2)21-25-16(3)13-20(27-21)28-9-11-29(12-10-28)23(32)26-18-7-5-6-8-19(18)30-17(4)14-24-22(30)31/h5-8,13-15H,9-12H2,1-4H3,(H,24,31)(H,26,32). The summed E-state index contributed by atoms with van der Waals surface area (Å²) in [6.07, 6.45) is 1.65. The van der Waals surface area contributed by atoms with Gasteiger partial charge in [0.2, 0.25) is 0 Å². The number of urea groups is 1. The average Bonchev–Trinajstić information content (AvgIpc) is 3.11. The van der Waals surface area contributed by atoms with Gasteiger partial charge in [0.1, 0.15) is 11.6 Å². The molecule has 2 amide bonds. The largest absolute Gasteiger partial charge is 0.353 e. The van der Waals surface area contributed by atoms with Crippen molar-refractivity contribution in [3.05, 3.63) is 64.2 Å². The number of aryl methyl sites for hydroxylation is 2. The number of nitrogens with one attached hydrogen (secondary N) is 2. The summed E-state index contributed by atoms with van der Waals surface area (Å²) in [7, 11) is 0. The highest BCUT2D eigenvalue weighted by molar-refractivity contribution is 5.91. The zero-order valence-corrected chi connectivity index (χ0v) is 18.9. The van der Waals surface area contributed by atoms with E-state index in [0.717, 1.165) is 23.0 Å². The average molecular weight is 436 g/mol. The second kappa shape index (κ2) is 8.86. The van der Waals surface area contributed by atoms with Crippen molar-refractivity contribution in [2.75, 3.05) is 36.4 Å². The van der Waals surface area contributed by atoms with E-state index < -0.39 is 0 Å². The van der Waals surface area contributed by atoms with Gasteiger partial charge < -0.3 is 20.1 Å². The predicted octanol–water partition coefficient (Wildman–Crippen LogP) is 3.05. The number of imidazole rings is 1. The van der Waals surface area contributed by atoms with Crippen LogP contribution in [0, 0.1) is 13.8 Å². The molecular formula is C23H29N7O2. The molecule has 0 spiro atoms. The molecule has 0 bridgehead atoms. The number of hydrogen-bond acceptors (Lipinski definition) is 5. The minimum Gasteiger partial charge on any atom is -0.353 e. The zero-order valence-electron chi connectivity index (χ0n) is 18.9. The third kappa shape index (κ3) is 4.37. The Hall–Kier alpha value is -3.62. The molecule has 1 aliphatic heterocycles. The lowest BCUT2D eigenvalue weighted by Crippen LogP contribution is -2.50. The molecular weight excluding hydrogens is 406 g/mol. The van der Waals surface area contributed by atoms with E-state index in [1.54, 1.807) is 21.7 Å². The molecule has 1 aliphatic rings. The lowest BCUT2D eigenvalue weighted by Gasteiger charge is -2.35. The first-order valence-electron chi connectivity index (χ1n) is 10.9. The fourth-order valence-corrected chi connectivity index (χ4v) is 3.86. The highest BCUT2D eigenvalue weighted by atomic mass is 16.2. The van der Waals surface area contributed by atoms with Crippen molar-refractivity contribution in [3.63, 3.8) is 0 Å². The van der Waals surface area contributed by atoms with Crippen molar-refractivity contribution < 1.29 is 4.79 Å². The number of hydrogen-bond donors (Lipinski definition) is 2. The SMILES string of the molecule is Cc1cc(N2CCN(C(=O)Nc3ccccc3-n3c(C)c[nH]c3=O)CC2)nc(C(C)C)n1. The van der Waals surface area contributed by atoms with Gasteiger partial charge in [-0.15, -0.1) is 0 Å². The van der Waals surface area contributed by atoms with Gasteiger partial charge in [-0.3, -0.25) is 4.57 Å². The highest BCUT2D eigenvalue weighted by Crippen LogP contribution is 2.22. The van der Waals surface area contributed by atoms with E-state index in [0.29, 0.717) is 37.6 Å². The van der Waals surface area contributed by atoms with Crippen LogP contribution in [-0.2, 0) is 0 Å². The third-order valence-electron chi connectivity index (χ3n) is 5.61. The van der Waals surface area contributed by atoms with Crippen LogP contribution in [0.4, 0.5) is 16.3 Å². The molecule has 2 aromatic heterocycles. The van der Waals surface area contributed by atoms with Crippen LogP contribution < -0.4 is 15.9 Å². The maximum atomic E-state index is 13.0. The van der Waals surface area contributed by atoms with Crippen molar-refractivity contribution in [2.45, 2.75) is 33.6 Å². The van der Waals surface area contributed by atoms with E-state index >= 15 is 0 Å². The fourth-order valence-electron chi connectivity index (χ4n) is 3.86. The maximum Gasteiger partial charge on any atom is 0.330 e. The van der Waals surface area contributed by atoms with Gasteiger partial charge in [0.25, 0.3) is 0 Å². The molecule has 4 rings (SSSR count). The van der Waals surface area contributed by atoms with Crippen LogP contribution in [0.15, 0.2) is 41.3 Å². The van der Waals surface area contributed by atoms with Gasteiger partial charge in [0.15, 0.2) is 0 Å². The summed E-state index contributed by atoms with van der Waals surface area (Å²) in [4.78, 5) is 41.1. The molecule has 1 aromatic carbocycles. The van der Waals surface area contributed by atoms with Crippen LogP contribution >= 0.6 is 0 Å². The van der Waals surface area contributed by atoms with Crippen LogP contribution in [-0.4, -0.2) is 56.6 Å². The Morgan fingerprint density at radius 3 is 2.47 bits per heavy atom. The van der Waals surface area contributed by atoms with Gasteiger partial charge in [0, 0.05) is 55.7 Å². The number of anilines is 2. The van der Waals surface area contributed by atoms with E-state index in [2.05, 4.69) is 34.0 Å². The minimum absolute atomic E-state index is 0.180. The van der Waals surface area contributed by atoms with Crippen molar-refractivity contribution in [3.8, 4) is 5.69 Å². The normalized spacial score (nSPS) is 14.2. The minimum atomic E-state index is -0.237. The quantitative estimate of drug-likeness (QED) is 0.656. The lowest BCUT2D eigenvalue weighted by atomic mass is 10.2. The second-order valence-electron chi connectivity index (χ2n) is 8.37. The fraction of sp³-hybridized carbons (Fsp3) is 0.391. The number of amides is 2. The van der Waals surface area contributed by atoms with E-state index in [-0.39, 0.29) is 17.6 Å². The maximum absolute atomic E-state index is 13.0. The van der Waals surface area contributed by atoms with Gasteiger partial charge in [-0.1, -0.05) is 26.0 Å². The van der Waals surface area contributed by atoms with Gasteiger partial charge in [-0.25, -0.2) is 19.6 Å². The molecule has 0 saturated carbocycles. The molecule has 1 saturated heterocycles. The number of aromatic nitrogens is 4. The van der Waals surface area contributed by atoms with E-state index in [9.17, 15) is 9.59 Å². The van der Waals surface area contributed by atoms with Gasteiger partial charge >= 0.3 is 11.7 Å². The molecule has 9 heteroatoms. The summed E-state index contributed by atoms with van der Waals surface area (Å²) in [5.41, 5.74) is 2.72. The van der Waals surface area contributed by atoms with Gasteiger partial charge in [-0.05, 0) is 26.0 Å². The predicted molar refractivity (Wildman–Crippen MR) is 125 cm³/mol. The summed E-state index contributed by atoms with van der Waals surface area (Å²) < 4.78 is 1.55. The summed E-state index contributed by atoms with van der Waals surface area (Å²) >= 11 is 0. The van der Waals surface area contributed by atoms with E-state index in [1.165, 1.54) is 0 Å². The zero-order chi connectivity index (χ0) is 22.8. The van der Waals surface area contributed by atoms with Crippen LogP contribution in [0.3, 0.4) is 0 Å². The summed E-state index contributed by atoms with van der Waals surface area (Å²) in [6, 6.07) is 9.12. The molecule has 3 heterocycles. The Labute approximate surface area is 187 Å². The van der Waals surface area contributed by atoms with Crippen molar-refractivity contribution >= 4 is 17.5 Å². The van der Waals surface area contributed by atoms with Crippen LogP contribution in [0.5, 0.6) is 0 Å². The first kappa shape index (κ1) is 21.6. The molecule has 0 unspecified atom stereocenters. The molecule has 168 valence electrons. The van der Waals surface area contributed by atoms with E-state index in [4.69, 9.17) is 4.98 Å². The molecule has 0 atom stereocenters. The molecule has 0 aliphatic carbocycles. The van der Waals surface area contributed by atoms with Crippen molar-refractivity contribution in [1.29, 1.82) is 0 Å². The number of aromatic amines is 1. The number of rotatable bonds is 4. The summed E-state index contributed by atoms with van der Waals surface area (Å²) in [5, 5.41) is 2.98. The number of benzene rings is 1. The summed E-state index contributed by atoms with van der Waals surface area (Å²) in [5.74, 6) is 2.01. The third-order valence-corrected chi connectivity index (χ3v) is 5.61. The number of H-pyrrole nitrogens is 1. The van der Waals surface area contributed by atoms with Crippen LogP contribution in [0.1, 0.15) is 37.0 Å². The topological polar surface area (TPSA) is 99.2 Å². The highest BCUT2D eigenvalue weighted by Gasteiger charge is 2.23. The van der Waals surface area contributed by atoms with Gasteiger partial charge in [-0.2, -0.15) is 0 Å². The number of nitrogens with zero attached hydrogens (tertiary/aromatic N) is 5. The molecule has 1 fully saturated rings. The molecule has 32 heavy (non-hydrogen) atoms. The van der Waals surface area contributed by atoms with Crippen molar-refractivity contribution in [2.24, 2.45) is 0 Å². The Kier molecular flexibility index (Phi) is 5.98. The Morgan fingerprint density at radius 1 is 1.09 bits per heavy atom. The van der Waals surface area contributed by atoms with Crippen LogP contribution in [0.25, 0.3) is 5.69 Å². The van der Waals surface area contributed by atoms with E-state index in [1.807, 2.05) is 38.1 Å². The molecule has 0 radical (unpaired) electrons. The summed E-state index contributed by atoms with van der Waals surface area (Å²) in [6.45, 7) is 10.5. The first-order chi connectivity index (χ1) is 15.3. The Balaban J connectivity index is 1.45. The number of para-hydroxylation sites is 2. The first-order valence-corrected chi connectivity index (χ1v) is 10.9. The Morgan fingerprint density at radius 2 is 1.81 bits per heavy atom. The van der Waals surface area contributed by atoms with Gasteiger partial charge in [0.05, 0.1) is 11.4 Å². The molecule has 9 nitrogen and oxygen atoms in total. The smallest absolute Gasteiger partial charge is 0.330 e. The molecule has 2 N–H and O–H groups in total. The monoisotopic (exact) mass is 435 g/mol. The number of carbonyl (C=O) groups is 1. The van der Waals surface area contributed by atoms with Crippen LogP contribution in [0.2, 0.25) is 0 Å². The Bertz CT molecular complexity index is 1170. The number of carbonyl (C=O) groups excluding carboxylic acids is 1. The molecule has 3 aromatic rings. The van der Waals surface area contributed by atoms with Crippen molar-refractivity contribution in [1.82, 2.24) is 24.4 Å².